The van der Waals surface area contributed by atoms with E-state index < -0.39 is 0 Å². The van der Waals surface area contributed by atoms with Crippen LogP contribution in [-0.4, -0.2) is 64.9 Å². The van der Waals surface area contributed by atoms with Gasteiger partial charge in [0.15, 0.2) is 17.3 Å². The highest BCUT2D eigenvalue weighted by Crippen LogP contribution is 2.35. The molecule has 4 rings (SSSR count). The smallest absolute Gasteiger partial charge is 0.230 e. The monoisotopic (exact) mass is 413 g/mol. The van der Waals surface area contributed by atoms with Crippen molar-refractivity contribution in [2.45, 2.75) is 52.1 Å². The van der Waals surface area contributed by atoms with E-state index in [2.05, 4.69) is 32.2 Å². The van der Waals surface area contributed by atoms with E-state index in [1.807, 2.05) is 24.8 Å². The molecule has 2 aliphatic rings. The molecule has 0 spiro atoms. The minimum absolute atomic E-state index is 0.0746. The molecule has 0 atom stereocenters. The first-order chi connectivity index (χ1) is 14.6. The lowest BCUT2D eigenvalue weighted by Gasteiger charge is -2.36. The van der Waals surface area contributed by atoms with E-state index in [9.17, 15) is 4.79 Å². The van der Waals surface area contributed by atoms with Gasteiger partial charge in [-0.1, -0.05) is 0 Å². The molecule has 8 nitrogen and oxygen atoms in total. The van der Waals surface area contributed by atoms with Gasteiger partial charge in [-0.05, 0) is 51.7 Å². The van der Waals surface area contributed by atoms with Crippen molar-refractivity contribution in [2.24, 2.45) is 0 Å². The minimum atomic E-state index is 0.0746. The number of nitrogens with zero attached hydrogens (tertiary/aromatic N) is 4. The first kappa shape index (κ1) is 20.5. The topological polar surface area (TPSA) is 83.6 Å². The lowest BCUT2D eigenvalue weighted by molar-refractivity contribution is -0.130. The molecule has 1 saturated carbocycles. The van der Waals surface area contributed by atoms with Gasteiger partial charge in [0.1, 0.15) is 5.82 Å². The number of nitrogens with one attached hydrogen (secondary N) is 1. The number of carbonyl (C=O) groups is 1. The van der Waals surface area contributed by atoms with Gasteiger partial charge in [0.05, 0.1) is 19.1 Å². The molecular weight excluding hydrogens is 382 g/mol. The number of hydrogen-bond donors (Lipinski definition) is 1. The second-order valence-corrected chi connectivity index (χ2v) is 7.97. The molecule has 2 heterocycles. The number of H-pyrrole nitrogens is 1. The zero-order valence-corrected chi connectivity index (χ0v) is 17.9. The Balaban J connectivity index is 1.38. The van der Waals surface area contributed by atoms with Crippen LogP contribution in [0.15, 0.2) is 18.2 Å². The van der Waals surface area contributed by atoms with Gasteiger partial charge >= 0.3 is 0 Å². The summed E-state index contributed by atoms with van der Waals surface area (Å²) in [5, 5.41) is 6.86. The average molecular weight is 414 g/mol. The molecular formula is C22H31N5O3. The maximum atomic E-state index is 12.6. The maximum absolute atomic E-state index is 12.6. The summed E-state index contributed by atoms with van der Waals surface area (Å²) in [6.07, 6.45) is 5.22. The number of carbonyl (C=O) groups excluding carboxylic acids is 1. The Morgan fingerprint density at radius 1 is 1.17 bits per heavy atom. The van der Waals surface area contributed by atoms with Crippen molar-refractivity contribution in [3.8, 4) is 11.5 Å². The van der Waals surface area contributed by atoms with Crippen molar-refractivity contribution in [3.05, 3.63) is 29.8 Å². The number of rotatable bonds is 7. The number of hydrogen-bond acceptors (Lipinski definition) is 6. The van der Waals surface area contributed by atoms with E-state index in [0.717, 1.165) is 48.9 Å². The van der Waals surface area contributed by atoms with Crippen molar-refractivity contribution in [1.29, 1.82) is 0 Å². The van der Waals surface area contributed by atoms with Crippen LogP contribution in [0.1, 0.15) is 44.3 Å². The van der Waals surface area contributed by atoms with Gasteiger partial charge in [-0.25, -0.2) is 4.98 Å². The third kappa shape index (κ3) is 4.86. The fourth-order valence-electron chi connectivity index (χ4n) is 4.18. The number of aryl methyl sites for hydroxylation is 1. The van der Waals surface area contributed by atoms with E-state index in [1.54, 1.807) is 0 Å². The van der Waals surface area contributed by atoms with Crippen LogP contribution in [0.5, 0.6) is 11.5 Å². The summed E-state index contributed by atoms with van der Waals surface area (Å²) in [6.45, 7) is 7.39. The van der Waals surface area contributed by atoms with Crippen LogP contribution in [0.25, 0.3) is 0 Å². The Kier molecular flexibility index (Phi) is 6.40. The summed E-state index contributed by atoms with van der Waals surface area (Å²) in [4.78, 5) is 21.0. The van der Waals surface area contributed by atoms with Crippen LogP contribution < -0.4 is 14.4 Å². The van der Waals surface area contributed by atoms with Crippen molar-refractivity contribution < 1.29 is 14.3 Å². The van der Waals surface area contributed by atoms with E-state index in [1.165, 1.54) is 12.8 Å². The quantitative estimate of drug-likeness (QED) is 0.751. The molecule has 0 unspecified atom stereocenters. The predicted octanol–water partition coefficient (Wildman–Crippen LogP) is 2.72. The lowest BCUT2D eigenvalue weighted by Crippen LogP contribution is -2.49. The van der Waals surface area contributed by atoms with E-state index >= 15 is 0 Å². The van der Waals surface area contributed by atoms with Gasteiger partial charge in [-0.15, -0.1) is 0 Å². The maximum Gasteiger partial charge on any atom is 0.230 e. The Labute approximate surface area is 177 Å². The fraction of sp³-hybridized carbons (Fsp3) is 0.591. The number of aromatic amines is 1. The number of anilines is 1. The molecule has 8 heteroatoms. The summed E-state index contributed by atoms with van der Waals surface area (Å²) >= 11 is 0. The van der Waals surface area contributed by atoms with Gasteiger partial charge in [-0.3, -0.25) is 9.89 Å². The first-order valence-corrected chi connectivity index (χ1v) is 11.0. The van der Waals surface area contributed by atoms with Crippen LogP contribution in [-0.2, 0) is 11.2 Å². The van der Waals surface area contributed by atoms with Crippen LogP contribution >= 0.6 is 0 Å². The molecule has 0 bridgehead atoms. The Hall–Kier alpha value is -2.77. The molecule has 1 saturated heterocycles. The van der Waals surface area contributed by atoms with Gasteiger partial charge in [0, 0.05) is 37.9 Å². The molecule has 2 fully saturated rings. The summed E-state index contributed by atoms with van der Waals surface area (Å²) in [6, 6.07) is 6.18. The summed E-state index contributed by atoms with van der Waals surface area (Å²) in [7, 11) is 0. The Morgan fingerprint density at radius 2 is 1.93 bits per heavy atom. The fourth-order valence-corrected chi connectivity index (χ4v) is 4.18. The molecule has 1 aromatic heterocycles. The van der Waals surface area contributed by atoms with Crippen molar-refractivity contribution in [1.82, 2.24) is 20.1 Å². The van der Waals surface area contributed by atoms with E-state index in [-0.39, 0.29) is 18.4 Å². The molecule has 1 amide bonds. The van der Waals surface area contributed by atoms with Crippen molar-refractivity contribution in [2.75, 3.05) is 37.7 Å². The highest BCUT2D eigenvalue weighted by atomic mass is 16.5. The first-order valence-electron chi connectivity index (χ1n) is 11.0. The molecule has 2 aromatic rings. The molecule has 1 N–H and O–H groups in total. The van der Waals surface area contributed by atoms with Gasteiger partial charge in [0.2, 0.25) is 5.91 Å². The van der Waals surface area contributed by atoms with E-state index in [0.29, 0.717) is 25.5 Å². The van der Waals surface area contributed by atoms with Crippen LogP contribution in [0.3, 0.4) is 0 Å². The molecule has 162 valence electrons. The zero-order chi connectivity index (χ0) is 20.9. The Bertz CT molecular complexity index is 854. The van der Waals surface area contributed by atoms with E-state index in [4.69, 9.17) is 9.47 Å². The normalized spacial score (nSPS) is 17.4. The summed E-state index contributed by atoms with van der Waals surface area (Å²) in [5.74, 6) is 3.00. The predicted molar refractivity (Wildman–Crippen MR) is 114 cm³/mol. The molecule has 30 heavy (non-hydrogen) atoms. The van der Waals surface area contributed by atoms with Crippen molar-refractivity contribution >= 4 is 11.6 Å². The second kappa shape index (κ2) is 9.36. The minimum Gasteiger partial charge on any atom is -0.490 e. The number of benzene rings is 1. The van der Waals surface area contributed by atoms with Gasteiger partial charge < -0.3 is 19.3 Å². The van der Waals surface area contributed by atoms with Crippen LogP contribution in [0.4, 0.5) is 5.69 Å². The van der Waals surface area contributed by atoms with Crippen LogP contribution in [0.2, 0.25) is 0 Å². The second-order valence-electron chi connectivity index (χ2n) is 7.97. The molecule has 0 radical (unpaired) electrons. The third-order valence-electron chi connectivity index (χ3n) is 5.77. The number of aromatic nitrogens is 3. The average Bonchev–Trinajstić information content (AvgIpc) is 3.41. The van der Waals surface area contributed by atoms with Crippen LogP contribution in [0, 0.1) is 6.92 Å². The number of amides is 1. The van der Waals surface area contributed by atoms with Crippen molar-refractivity contribution in [3.63, 3.8) is 0 Å². The highest BCUT2D eigenvalue weighted by Gasteiger charge is 2.24. The lowest BCUT2D eigenvalue weighted by atomic mass is 10.2. The summed E-state index contributed by atoms with van der Waals surface area (Å²) in [5.41, 5.74) is 1.11. The highest BCUT2D eigenvalue weighted by molar-refractivity contribution is 5.78. The molecule has 1 aliphatic heterocycles. The SMILES string of the molecule is CCOc1ccc(N2CCN(C(=O)Cc3n[nH]c(C)n3)CC2)cc1OC1CCCC1. The molecule has 1 aromatic carbocycles. The standard InChI is InChI=1S/C22H31N5O3/c1-3-29-19-9-8-17(14-20(19)30-18-6-4-5-7-18)26-10-12-27(13-11-26)22(28)15-21-23-16(2)24-25-21/h8-9,14,18H,3-7,10-13,15H2,1-2H3,(H,23,24,25). The van der Waals surface area contributed by atoms with Gasteiger partial charge in [-0.2, -0.15) is 5.10 Å². The number of ether oxygens (including phenoxy) is 2. The zero-order valence-electron chi connectivity index (χ0n) is 17.9. The summed E-state index contributed by atoms with van der Waals surface area (Å²) < 4.78 is 12.1. The Morgan fingerprint density at radius 3 is 2.60 bits per heavy atom. The van der Waals surface area contributed by atoms with Gasteiger partial charge in [0.25, 0.3) is 0 Å². The molecule has 1 aliphatic carbocycles. The third-order valence-corrected chi connectivity index (χ3v) is 5.77. The number of piperazine rings is 1. The largest absolute Gasteiger partial charge is 0.490 e.